The summed E-state index contributed by atoms with van der Waals surface area (Å²) in [7, 11) is 1.22. The molecule has 3 amide bonds. The Hall–Kier alpha value is -6.83. The number of hydrogen-bond donors (Lipinski definition) is 6. The van der Waals surface area contributed by atoms with Crippen molar-refractivity contribution >= 4 is 47.5 Å². The molecular formula is C40H43ClN6O13. The molecule has 0 aliphatic carbocycles. The second-order valence-electron chi connectivity index (χ2n) is 14.1. The minimum absolute atomic E-state index is 0. The Morgan fingerprint density at radius 1 is 0.950 bits per heavy atom. The number of aliphatic carboxylic acids is 1. The molecule has 0 fully saturated rings. The van der Waals surface area contributed by atoms with E-state index in [2.05, 4.69) is 16.0 Å². The maximum Gasteiger partial charge on any atom is 0.335 e. The van der Waals surface area contributed by atoms with Crippen LogP contribution in [0.2, 0.25) is 0 Å². The lowest BCUT2D eigenvalue weighted by Crippen LogP contribution is -2.57. The van der Waals surface area contributed by atoms with Crippen molar-refractivity contribution in [2.45, 2.75) is 63.4 Å². The fraction of sp³-hybridized carbons (Fsp3) is 0.300. The number of carbonyl (C=O) groups is 4. The Morgan fingerprint density at radius 2 is 1.63 bits per heavy atom. The molecular weight excluding hydrogens is 808 g/mol. The monoisotopic (exact) mass is 850 g/mol. The number of nitrogens with one attached hydrogen (secondary N) is 3. The fourth-order valence-electron chi connectivity index (χ4n) is 6.34. The first-order valence-electron chi connectivity index (χ1n) is 18.3. The summed E-state index contributed by atoms with van der Waals surface area (Å²) < 4.78 is 17.7. The van der Waals surface area contributed by atoms with E-state index in [1.54, 1.807) is 30.3 Å². The van der Waals surface area contributed by atoms with Gasteiger partial charge in [0.15, 0.2) is 17.6 Å². The molecule has 4 aromatic carbocycles. The maximum absolute atomic E-state index is 14.3. The molecule has 4 aromatic rings. The Bertz CT molecular complexity index is 2230. The van der Waals surface area contributed by atoms with Crippen LogP contribution >= 0.6 is 12.4 Å². The van der Waals surface area contributed by atoms with Gasteiger partial charge >= 0.3 is 11.7 Å². The van der Waals surface area contributed by atoms with Crippen molar-refractivity contribution < 1.29 is 53.4 Å². The quantitative estimate of drug-likeness (QED) is 0.0810. The second kappa shape index (κ2) is 20.2. The summed E-state index contributed by atoms with van der Waals surface area (Å²) in [6, 6.07) is 13.8. The van der Waals surface area contributed by atoms with E-state index in [0.717, 1.165) is 18.2 Å². The average Bonchev–Trinajstić information content (AvgIpc) is 3.19. The average molecular weight is 851 g/mol. The number of nitro benzene ring substituents is 2. The van der Waals surface area contributed by atoms with Gasteiger partial charge < -0.3 is 46.1 Å². The number of halogens is 1. The van der Waals surface area contributed by atoms with Crippen molar-refractivity contribution in [1.82, 2.24) is 16.0 Å². The summed E-state index contributed by atoms with van der Waals surface area (Å²) >= 11 is 0. The number of carbonyl (C=O) groups excluding carboxylic acids is 3. The predicted octanol–water partition coefficient (Wildman–Crippen LogP) is 4.26. The molecule has 6 rings (SSSR count). The van der Waals surface area contributed by atoms with Crippen molar-refractivity contribution in [3.63, 3.8) is 0 Å². The minimum Gasteiger partial charge on any atom is -0.490 e. The van der Waals surface area contributed by atoms with Crippen LogP contribution in [0.25, 0.3) is 0 Å². The zero-order valence-corrected chi connectivity index (χ0v) is 33.3. The van der Waals surface area contributed by atoms with Gasteiger partial charge in [0.1, 0.15) is 17.8 Å². The lowest BCUT2D eigenvalue weighted by atomic mass is 9.97. The van der Waals surface area contributed by atoms with Gasteiger partial charge in [-0.2, -0.15) is 0 Å². The van der Waals surface area contributed by atoms with E-state index < -0.39 is 69.5 Å². The van der Waals surface area contributed by atoms with Crippen molar-refractivity contribution in [2.24, 2.45) is 11.7 Å². The van der Waals surface area contributed by atoms with E-state index in [9.17, 15) is 49.6 Å². The van der Waals surface area contributed by atoms with Crippen molar-refractivity contribution in [3.05, 3.63) is 122 Å². The molecule has 19 nitrogen and oxygen atoms in total. The Balaban J connectivity index is 0.00000794. The number of aliphatic hydroxyl groups excluding tert-OH is 1. The first-order valence-corrected chi connectivity index (χ1v) is 18.3. The lowest BCUT2D eigenvalue weighted by molar-refractivity contribution is -0.385. The number of aliphatic hydroxyl groups is 1. The number of fused-ring (bicyclic) bond motifs is 9. The van der Waals surface area contributed by atoms with Crippen LogP contribution < -0.4 is 35.9 Å². The van der Waals surface area contributed by atoms with Crippen LogP contribution in [0.3, 0.4) is 0 Å². The van der Waals surface area contributed by atoms with E-state index >= 15 is 0 Å². The normalized spacial score (nSPS) is 17.5. The van der Waals surface area contributed by atoms with Crippen molar-refractivity contribution in [1.29, 1.82) is 0 Å². The summed E-state index contributed by atoms with van der Waals surface area (Å²) in [5, 5.41) is 52.7. The van der Waals surface area contributed by atoms with E-state index in [1.165, 1.54) is 43.5 Å². The second-order valence-corrected chi connectivity index (χ2v) is 14.1. The standard InChI is InChI=1S/C40H42N6O13.ClH/c1-21(2)15-27(41)37(48)42-29-17-23-9-14-31(30(18-23)46(55)56)59-33-20-24(19-32(36(33)57-3)58-26-12-10-25(11-13-26)45(53)54)34(35(47)40(51)52)44-39(50)28(43-38(29)49)16-22-7-5-4-6-8-22;/h4-14,18-21,27-29,34-35,47H,15-17,41H2,1-3H3,(H,42,48)(H,43,49)(H,44,50)(H,51,52);1H/t27-,28+,29-,34-,35-;/m1./s1. The van der Waals surface area contributed by atoms with E-state index in [-0.39, 0.29) is 83.1 Å². The number of benzene rings is 4. The molecule has 2 heterocycles. The molecule has 318 valence electrons. The molecule has 0 spiro atoms. The van der Waals surface area contributed by atoms with E-state index in [4.69, 9.17) is 19.9 Å². The zero-order valence-electron chi connectivity index (χ0n) is 32.4. The van der Waals surface area contributed by atoms with Crippen LogP contribution in [0.1, 0.15) is 43.0 Å². The topological polar surface area (TPSA) is 285 Å². The van der Waals surface area contributed by atoms with Crippen LogP contribution in [-0.2, 0) is 32.0 Å². The van der Waals surface area contributed by atoms with Gasteiger partial charge in [0.2, 0.25) is 29.2 Å². The highest BCUT2D eigenvalue weighted by Crippen LogP contribution is 2.46. The summed E-state index contributed by atoms with van der Waals surface area (Å²) in [5.74, 6) is -5.26. The molecule has 60 heavy (non-hydrogen) atoms. The largest absolute Gasteiger partial charge is 0.490 e. The summed E-state index contributed by atoms with van der Waals surface area (Å²) in [5.41, 5.74) is 5.92. The van der Waals surface area contributed by atoms with E-state index in [0.29, 0.717) is 5.56 Å². The third kappa shape index (κ3) is 11.4. The van der Waals surface area contributed by atoms with Gasteiger partial charge in [0.05, 0.1) is 29.0 Å². The van der Waals surface area contributed by atoms with Gasteiger partial charge in [-0.15, -0.1) is 12.4 Å². The molecule has 0 radical (unpaired) electrons. The number of nitrogens with two attached hydrogens (primary N) is 1. The summed E-state index contributed by atoms with van der Waals surface area (Å²) in [6.45, 7) is 3.71. The Labute approximate surface area is 348 Å². The molecule has 4 bridgehead atoms. The van der Waals surface area contributed by atoms with Gasteiger partial charge in [0, 0.05) is 31.0 Å². The van der Waals surface area contributed by atoms with Gasteiger partial charge in [-0.3, -0.25) is 34.6 Å². The molecule has 20 heteroatoms. The van der Waals surface area contributed by atoms with Crippen LogP contribution in [-0.4, -0.2) is 75.1 Å². The highest BCUT2D eigenvalue weighted by atomic mass is 35.5. The van der Waals surface area contributed by atoms with Crippen LogP contribution in [0, 0.1) is 26.1 Å². The Morgan fingerprint density at radius 3 is 2.23 bits per heavy atom. The molecule has 0 saturated heterocycles. The first-order chi connectivity index (χ1) is 28.0. The molecule has 5 atom stereocenters. The van der Waals surface area contributed by atoms with Crippen LogP contribution in [0.5, 0.6) is 28.7 Å². The smallest absolute Gasteiger partial charge is 0.335 e. The van der Waals surface area contributed by atoms with Crippen LogP contribution in [0.15, 0.2) is 84.9 Å². The van der Waals surface area contributed by atoms with Gasteiger partial charge in [-0.1, -0.05) is 50.2 Å². The number of carboxylic acid groups (broad SMARTS) is 1. The number of amides is 3. The zero-order chi connectivity index (χ0) is 43.0. The molecule has 2 aliphatic rings. The Kier molecular flexibility index (Phi) is 15.5. The first kappa shape index (κ1) is 45.9. The third-order valence-electron chi connectivity index (χ3n) is 9.24. The minimum atomic E-state index is -2.34. The number of methoxy groups -OCH3 is 1. The van der Waals surface area contributed by atoms with Crippen molar-refractivity contribution in [3.8, 4) is 28.7 Å². The number of ether oxygens (including phenoxy) is 3. The SMILES string of the molecule is COc1c(Oc2ccc([N+](=O)[O-])cc2)cc2cc1Oc1ccc(cc1[N+](=O)[O-])C[C@@H](NC(=O)[C@H](N)CC(C)C)C(=O)N[C@@H](Cc1ccccc1)C(=O)N[C@H]2[C@@H](O)C(=O)O.Cl. The van der Waals surface area contributed by atoms with Gasteiger partial charge in [-0.05, 0) is 59.4 Å². The number of hydrogen-bond acceptors (Lipinski definition) is 13. The van der Waals surface area contributed by atoms with E-state index in [1.807, 2.05) is 13.8 Å². The summed E-state index contributed by atoms with van der Waals surface area (Å²) in [6.07, 6.45) is -2.52. The van der Waals surface area contributed by atoms with Gasteiger partial charge in [-0.25, -0.2) is 4.79 Å². The maximum atomic E-state index is 14.3. The lowest BCUT2D eigenvalue weighted by Gasteiger charge is -2.28. The predicted molar refractivity (Wildman–Crippen MR) is 216 cm³/mol. The number of carboxylic acids is 1. The molecule has 7 N–H and O–H groups in total. The molecule has 0 unspecified atom stereocenters. The fourth-order valence-corrected chi connectivity index (χ4v) is 6.34. The molecule has 0 saturated carbocycles. The number of nitrogens with zero attached hydrogens (tertiary/aromatic N) is 2. The highest BCUT2D eigenvalue weighted by Gasteiger charge is 2.36. The summed E-state index contributed by atoms with van der Waals surface area (Å²) in [4.78, 5) is 76.5. The van der Waals surface area contributed by atoms with Crippen LogP contribution in [0.4, 0.5) is 11.4 Å². The number of non-ortho nitro benzene ring substituents is 1. The number of nitro groups is 2. The third-order valence-corrected chi connectivity index (χ3v) is 9.24. The highest BCUT2D eigenvalue weighted by molar-refractivity contribution is 5.93. The number of rotatable bonds is 13. The van der Waals surface area contributed by atoms with Gasteiger partial charge in [0.25, 0.3) is 5.69 Å². The van der Waals surface area contributed by atoms with Crippen molar-refractivity contribution in [2.75, 3.05) is 7.11 Å². The molecule has 0 aromatic heterocycles. The molecule has 2 aliphatic heterocycles.